The fourth-order valence-electron chi connectivity index (χ4n) is 3.05. The van der Waals surface area contributed by atoms with Crippen molar-refractivity contribution in [1.29, 1.82) is 0 Å². The van der Waals surface area contributed by atoms with Crippen molar-refractivity contribution in [1.82, 2.24) is 9.88 Å². The lowest BCUT2D eigenvalue weighted by molar-refractivity contribution is 0.0779. The van der Waals surface area contributed by atoms with Gasteiger partial charge in [0, 0.05) is 18.5 Å². The molecule has 0 aromatic carbocycles. The average Bonchev–Trinajstić information content (AvgIpc) is 2.97. The SMILES string of the molecule is O=C(c1cscn1)N1CC2CCCCC2C1. The molecule has 2 unspecified atom stereocenters. The van der Waals surface area contributed by atoms with E-state index in [0.29, 0.717) is 5.69 Å². The van der Waals surface area contributed by atoms with Crippen LogP contribution in [0.5, 0.6) is 0 Å². The summed E-state index contributed by atoms with van der Waals surface area (Å²) in [6.45, 7) is 1.92. The van der Waals surface area contributed by atoms with Gasteiger partial charge in [-0.3, -0.25) is 4.79 Å². The first-order valence-electron chi connectivity index (χ1n) is 6.02. The molecule has 1 saturated carbocycles. The van der Waals surface area contributed by atoms with E-state index in [-0.39, 0.29) is 5.91 Å². The van der Waals surface area contributed by atoms with E-state index >= 15 is 0 Å². The van der Waals surface area contributed by atoms with Crippen molar-refractivity contribution in [2.45, 2.75) is 25.7 Å². The highest BCUT2D eigenvalue weighted by atomic mass is 32.1. The van der Waals surface area contributed by atoms with Gasteiger partial charge in [-0.1, -0.05) is 12.8 Å². The van der Waals surface area contributed by atoms with Crippen molar-refractivity contribution >= 4 is 17.2 Å². The summed E-state index contributed by atoms with van der Waals surface area (Å²) >= 11 is 1.49. The van der Waals surface area contributed by atoms with Gasteiger partial charge < -0.3 is 4.90 Å². The molecule has 0 bridgehead atoms. The number of likely N-dealkylation sites (tertiary alicyclic amines) is 1. The van der Waals surface area contributed by atoms with Gasteiger partial charge in [0.2, 0.25) is 0 Å². The van der Waals surface area contributed by atoms with Crippen molar-refractivity contribution in [3.8, 4) is 0 Å². The number of carbonyl (C=O) groups excluding carboxylic acids is 1. The Morgan fingerprint density at radius 3 is 2.56 bits per heavy atom. The molecule has 1 amide bonds. The third kappa shape index (κ3) is 1.75. The zero-order valence-electron chi connectivity index (χ0n) is 9.26. The van der Waals surface area contributed by atoms with Crippen LogP contribution in [0.3, 0.4) is 0 Å². The Labute approximate surface area is 99.5 Å². The molecule has 1 aliphatic heterocycles. The van der Waals surface area contributed by atoms with Crippen LogP contribution in [-0.2, 0) is 0 Å². The van der Waals surface area contributed by atoms with Crippen molar-refractivity contribution in [2.75, 3.05) is 13.1 Å². The zero-order valence-corrected chi connectivity index (χ0v) is 10.1. The molecule has 1 aromatic rings. The first kappa shape index (κ1) is 10.3. The number of hydrogen-bond donors (Lipinski definition) is 0. The number of hydrogen-bond acceptors (Lipinski definition) is 3. The molecule has 1 saturated heterocycles. The topological polar surface area (TPSA) is 33.2 Å². The van der Waals surface area contributed by atoms with Crippen molar-refractivity contribution in [2.24, 2.45) is 11.8 Å². The first-order valence-corrected chi connectivity index (χ1v) is 6.96. The van der Waals surface area contributed by atoms with Crippen LogP contribution >= 0.6 is 11.3 Å². The molecule has 2 atom stereocenters. The predicted molar refractivity (Wildman–Crippen MR) is 63.5 cm³/mol. The summed E-state index contributed by atoms with van der Waals surface area (Å²) in [4.78, 5) is 18.2. The third-order valence-corrected chi connectivity index (χ3v) is 4.50. The number of carbonyl (C=O) groups is 1. The van der Waals surface area contributed by atoms with Gasteiger partial charge in [-0.05, 0) is 24.7 Å². The number of aromatic nitrogens is 1. The van der Waals surface area contributed by atoms with Gasteiger partial charge in [0.05, 0.1) is 5.51 Å². The van der Waals surface area contributed by atoms with Gasteiger partial charge in [-0.2, -0.15) is 0 Å². The Balaban J connectivity index is 1.71. The largest absolute Gasteiger partial charge is 0.337 e. The van der Waals surface area contributed by atoms with Crippen LogP contribution in [-0.4, -0.2) is 28.9 Å². The van der Waals surface area contributed by atoms with E-state index in [4.69, 9.17) is 0 Å². The Morgan fingerprint density at radius 2 is 2.00 bits per heavy atom. The lowest BCUT2D eigenvalue weighted by Gasteiger charge is -2.22. The van der Waals surface area contributed by atoms with E-state index in [9.17, 15) is 4.79 Å². The summed E-state index contributed by atoms with van der Waals surface area (Å²) in [7, 11) is 0. The molecule has 3 rings (SSSR count). The highest BCUT2D eigenvalue weighted by Crippen LogP contribution is 2.36. The number of fused-ring (bicyclic) bond motifs is 1. The first-order chi connectivity index (χ1) is 7.84. The highest BCUT2D eigenvalue weighted by molar-refractivity contribution is 7.07. The van der Waals surface area contributed by atoms with Gasteiger partial charge in [0.15, 0.2) is 0 Å². The molecule has 2 fully saturated rings. The molecule has 1 aliphatic carbocycles. The van der Waals surface area contributed by atoms with Crippen molar-refractivity contribution < 1.29 is 4.79 Å². The number of nitrogens with zero attached hydrogens (tertiary/aromatic N) is 2. The lowest BCUT2D eigenvalue weighted by Crippen LogP contribution is -2.29. The molecule has 0 spiro atoms. The quantitative estimate of drug-likeness (QED) is 0.750. The van der Waals surface area contributed by atoms with E-state index in [2.05, 4.69) is 4.98 Å². The van der Waals surface area contributed by atoms with E-state index in [1.807, 2.05) is 10.3 Å². The van der Waals surface area contributed by atoms with E-state index in [0.717, 1.165) is 24.9 Å². The van der Waals surface area contributed by atoms with Crippen LogP contribution in [0.25, 0.3) is 0 Å². The van der Waals surface area contributed by atoms with E-state index in [1.54, 1.807) is 5.51 Å². The zero-order chi connectivity index (χ0) is 11.0. The maximum Gasteiger partial charge on any atom is 0.273 e. The number of thiazole rings is 1. The Bertz CT molecular complexity index is 362. The van der Waals surface area contributed by atoms with Gasteiger partial charge in [0.1, 0.15) is 5.69 Å². The normalized spacial score (nSPS) is 29.1. The fourth-order valence-corrected chi connectivity index (χ4v) is 3.58. The maximum atomic E-state index is 12.1. The number of amides is 1. The predicted octanol–water partition coefficient (Wildman–Crippen LogP) is 2.41. The summed E-state index contributed by atoms with van der Waals surface area (Å²) in [5.74, 6) is 1.66. The molecule has 0 N–H and O–H groups in total. The standard InChI is InChI=1S/C12H16N2OS/c15-12(11-7-16-8-13-11)14-5-9-3-1-2-4-10(9)6-14/h7-10H,1-6H2. The highest BCUT2D eigenvalue weighted by Gasteiger charge is 2.36. The molecule has 4 heteroatoms. The summed E-state index contributed by atoms with van der Waals surface area (Å²) in [5.41, 5.74) is 2.36. The van der Waals surface area contributed by atoms with Crippen LogP contribution in [0.4, 0.5) is 0 Å². The van der Waals surface area contributed by atoms with Crippen LogP contribution in [0.2, 0.25) is 0 Å². The van der Waals surface area contributed by atoms with Gasteiger partial charge in [-0.25, -0.2) is 4.98 Å². The second-order valence-electron chi connectivity index (χ2n) is 4.89. The average molecular weight is 236 g/mol. The minimum absolute atomic E-state index is 0.135. The van der Waals surface area contributed by atoms with E-state index < -0.39 is 0 Å². The Kier molecular flexibility index (Phi) is 2.67. The monoisotopic (exact) mass is 236 g/mol. The molecule has 0 radical (unpaired) electrons. The summed E-state index contributed by atoms with van der Waals surface area (Å²) < 4.78 is 0. The third-order valence-electron chi connectivity index (χ3n) is 3.91. The second kappa shape index (κ2) is 4.17. The molecule has 2 aliphatic rings. The minimum Gasteiger partial charge on any atom is -0.337 e. The van der Waals surface area contributed by atoms with Crippen LogP contribution in [0.15, 0.2) is 10.9 Å². The van der Waals surface area contributed by atoms with Gasteiger partial charge in [-0.15, -0.1) is 11.3 Å². The summed E-state index contributed by atoms with van der Waals surface area (Å²) in [6, 6.07) is 0. The van der Waals surface area contributed by atoms with Crippen LogP contribution in [0, 0.1) is 11.8 Å². The Hall–Kier alpha value is -0.900. The lowest BCUT2D eigenvalue weighted by atomic mass is 9.82. The molecule has 3 nitrogen and oxygen atoms in total. The molecule has 1 aromatic heterocycles. The Morgan fingerprint density at radius 1 is 1.31 bits per heavy atom. The van der Waals surface area contributed by atoms with Crippen molar-refractivity contribution in [3.05, 3.63) is 16.6 Å². The molecule has 2 heterocycles. The van der Waals surface area contributed by atoms with Crippen LogP contribution < -0.4 is 0 Å². The smallest absolute Gasteiger partial charge is 0.273 e. The van der Waals surface area contributed by atoms with Gasteiger partial charge >= 0.3 is 0 Å². The second-order valence-corrected chi connectivity index (χ2v) is 5.61. The minimum atomic E-state index is 0.135. The summed E-state index contributed by atoms with van der Waals surface area (Å²) in [5, 5.41) is 1.85. The van der Waals surface area contributed by atoms with Crippen molar-refractivity contribution in [3.63, 3.8) is 0 Å². The van der Waals surface area contributed by atoms with Crippen LogP contribution in [0.1, 0.15) is 36.2 Å². The van der Waals surface area contributed by atoms with Gasteiger partial charge in [0.25, 0.3) is 5.91 Å². The summed E-state index contributed by atoms with van der Waals surface area (Å²) in [6.07, 6.45) is 5.32. The molecule has 16 heavy (non-hydrogen) atoms. The fraction of sp³-hybridized carbons (Fsp3) is 0.667. The molecular weight excluding hydrogens is 220 g/mol. The molecule has 86 valence electrons. The number of rotatable bonds is 1. The van der Waals surface area contributed by atoms with E-state index in [1.165, 1.54) is 37.0 Å². The molecular formula is C12H16N2OS. The maximum absolute atomic E-state index is 12.1.